The standard InChI is InChI=1S/C30H28F10N/c1-16-13-17(2)18(3)21(14-16)24-15-22(20-7-5-6-8-23(20)41(24)4)19-9-11-25(12-10-19)26(31,32)28(35,36)30(39,40)29(37,38)27(25,33)34/h5-8,13-15,19H,9-12H2,1-4H3/q+1. The van der Waals surface area contributed by atoms with Gasteiger partial charge < -0.3 is 0 Å². The van der Waals surface area contributed by atoms with Gasteiger partial charge >= 0.3 is 29.6 Å². The van der Waals surface area contributed by atoms with E-state index in [1.165, 1.54) is 0 Å². The minimum absolute atomic E-state index is 0.549. The molecule has 0 unspecified atom stereocenters. The molecule has 41 heavy (non-hydrogen) atoms. The zero-order valence-corrected chi connectivity index (χ0v) is 22.7. The number of alkyl halides is 10. The van der Waals surface area contributed by atoms with Gasteiger partial charge in [0.2, 0.25) is 11.2 Å². The van der Waals surface area contributed by atoms with Crippen molar-refractivity contribution in [3.63, 3.8) is 0 Å². The number of hydrogen-bond donors (Lipinski definition) is 0. The first-order valence-electron chi connectivity index (χ1n) is 13.2. The molecule has 1 spiro atoms. The van der Waals surface area contributed by atoms with Crippen LogP contribution in [0.1, 0.15) is 53.9 Å². The molecule has 2 aromatic carbocycles. The minimum Gasteiger partial charge on any atom is -0.199 e. The lowest BCUT2D eigenvalue weighted by atomic mass is 9.55. The Kier molecular flexibility index (Phi) is 6.38. The molecule has 0 aliphatic heterocycles. The summed E-state index contributed by atoms with van der Waals surface area (Å²) in [5.74, 6) is -33.2. The first kappa shape index (κ1) is 29.6. The van der Waals surface area contributed by atoms with Crippen LogP contribution in [-0.2, 0) is 7.05 Å². The van der Waals surface area contributed by atoms with Crippen LogP contribution in [0, 0.1) is 26.2 Å². The lowest BCUT2D eigenvalue weighted by Gasteiger charge is -2.58. The van der Waals surface area contributed by atoms with Gasteiger partial charge in [0.1, 0.15) is 12.5 Å². The molecule has 2 fully saturated rings. The Labute approximate surface area is 230 Å². The fourth-order valence-electron chi connectivity index (χ4n) is 6.80. The average Bonchev–Trinajstić information content (AvgIpc) is 2.90. The van der Waals surface area contributed by atoms with Gasteiger partial charge in [-0.3, -0.25) is 0 Å². The van der Waals surface area contributed by atoms with E-state index in [1.54, 1.807) is 30.3 Å². The van der Waals surface area contributed by atoms with Gasteiger partial charge in [0, 0.05) is 23.1 Å². The maximum atomic E-state index is 15.1. The quantitative estimate of drug-likeness (QED) is 0.207. The highest BCUT2D eigenvalue weighted by Crippen LogP contribution is 2.75. The Hall–Kier alpha value is -2.85. The predicted octanol–water partition coefficient (Wildman–Crippen LogP) is 9.09. The van der Waals surface area contributed by atoms with E-state index in [0.29, 0.717) is 22.2 Å². The molecule has 1 aromatic heterocycles. The van der Waals surface area contributed by atoms with E-state index in [4.69, 9.17) is 0 Å². The highest BCUT2D eigenvalue weighted by Gasteiger charge is 2.99. The molecule has 222 valence electrons. The smallest absolute Gasteiger partial charge is 0.199 e. The van der Waals surface area contributed by atoms with Crippen LogP contribution >= 0.6 is 0 Å². The van der Waals surface area contributed by atoms with Gasteiger partial charge in [-0.15, -0.1) is 0 Å². The van der Waals surface area contributed by atoms with Crippen LogP contribution in [0.3, 0.4) is 0 Å². The Morgan fingerprint density at radius 1 is 0.683 bits per heavy atom. The van der Waals surface area contributed by atoms with Gasteiger partial charge in [-0.25, -0.2) is 0 Å². The van der Waals surface area contributed by atoms with Gasteiger partial charge in [-0.2, -0.15) is 48.5 Å². The Balaban J connectivity index is 1.63. The summed E-state index contributed by atoms with van der Waals surface area (Å²) in [6.45, 7) is 5.78. The molecule has 3 aromatic rings. The van der Waals surface area contributed by atoms with Crippen molar-refractivity contribution in [1.82, 2.24) is 0 Å². The summed E-state index contributed by atoms with van der Waals surface area (Å²) in [6, 6.07) is 12.8. The summed E-state index contributed by atoms with van der Waals surface area (Å²) < 4.78 is 147. The fourth-order valence-corrected chi connectivity index (χ4v) is 6.80. The molecule has 1 nitrogen and oxygen atoms in total. The lowest BCUT2D eigenvalue weighted by Crippen LogP contribution is -2.82. The maximum absolute atomic E-state index is 15.1. The highest BCUT2D eigenvalue weighted by molar-refractivity contribution is 5.82. The van der Waals surface area contributed by atoms with E-state index in [1.807, 2.05) is 44.5 Å². The summed E-state index contributed by atoms with van der Waals surface area (Å²) in [6.07, 6.45) is -4.20. The van der Waals surface area contributed by atoms with Gasteiger partial charge in [-0.1, -0.05) is 23.8 Å². The van der Waals surface area contributed by atoms with Crippen molar-refractivity contribution in [1.29, 1.82) is 0 Å². The number of hydrogen-bond acceptors (Lipinski definition) is 0. The van der Waals surface area contributed by atoms with Crippen molar-refractivity contribution < 1.29 is 48.5 Å². The van der Waals surface area contributed by atoms with Crippen molar-refractivity contribution >= 4 is 10.9 Å². The van der Waals surface area contributed by atoms with Crippen LogP contribution in [0.15, 0.2) is 42.5 Å². The number of rotatable bonds is 2. The molecule has 0 amide bonds. The minimum atomic E-state index is -6.95. The second kappa shape index (κ2) is 8.83. The van der Waals surface area contributed by atoms with Crippen molar-refractivity contribution in [2.45, 2.75) is 82.0 Å². The number of aryl methyl sites for hydroxylation is 3. The largest absolute Gasteiger partial charge is 0.384 e. The number of para-hydroxylation sites is 1. The van der Waals surface area contributed by atoms with E-state index in [-0.39, 0.29) is 0 Å². The normalized spacial score (nSPS) is 24.0. The number of benzene rings is 2. The maximum Gasteiger partial charge on any atom is 0.384 e. The predicted molar refractivity (Wildman–Crippen MR) is 133 cm³/mol. The average molecular weight is 593 g/mol. The van der Waals surface area contributed by atoms with E-state index in [2.05, 4.69) is 0 Å². The van der Waals surface area contributed by atoms with Crippen molar-refractivity contribution in [3.05, 3.63) is 64.7 Å². The molecule has 2 aliphatic rings. The van der Waals surface area contributed by atoms with Gasteiger partial charge in [0.15, 0.2) is 0 Å². The third-order valence-corrected chi connectivity index (χ3v) is 9.38. The summed E-state index contributed by atoms with van der Waals surface area (Å²) >= 11 is 0. The van der Waals surface area contributed by atoms with Crippen molar-refractivity contribution in [2.24, 2.45) is 12.5 Å². The second-order valence-corrected chi connectivity index (χ2v) is 11.5. The lowest BCUT2D eigenvalue weighted by molar-refractivity contribution is -0.633. The Morgan fingerprint density at radius 3 is 1.76 bits per heavy atom. The number of pyridine rings is 1. The van der Waals surface area contributed by atoms with Crippen LogP contribution < -0.4 is 4.57 Å². The fraction of sp³-hybridized carbons (Fsp3) is 0.500. The Morgan fingerprint density at radius 2 is 1.20 bits per heavy atom. The first-order chi connectivity index (χ1) is 18.8. The van der Waals surface area contributed by atoms with Crippen molar-refractivity contribution in [3.8, 4) is 11.3 Å². The summed E-state index contributed by atoms with van der Waals surface area (Å²) in [5.41, 5.74) is 1.42. The topological polar surface area (TPSA) is 3.88 Å². The molecule has 5 rings (SSSR count). The Bertz CT molecular complexity index is 1500. The van der Waals surface area contributed by atoms with Gasteiger partial charge in [0.25, 0.3) is 0 Å². The zero-order chi connectivity index (χ0) is 30.6. The van der Waals surface area contributed by atoms with E-state index in [9.17, 15) is 26.3 Å². The van der Waals surface area contributed by atoms with Crippen molar-refractivity contribution in [2.75, 3.05) is 0 Å². The number of nitrogens with zero attached hydrogens (tertiary/aromatic N) is 1. The molecule has 0 radical (unpaired) electrons. The molecular formula is C30H28F10N+. The molecule has 2 saturated carbocycles. The number of aromatic nitrogens is 1. The molecule has 0 N–H and O–H groups in total. The summed E-state index contributed by atoms with van der Waals surface area (Å²) in [4.78, 5) is 0. The molecule has 0 saturated heterocycles. The second-order valence-electron chi connectivity index (χ2n) is 11.5. The molecule has 0 bridgehead atoms. The van der Waals surface area contributed by atoms with Crippen LogP contribution in [0.25, 0.3) is 22.2 Å². The summed E-state index contributed by atoms with van der Waals surface area (Å²) in [5, 5.41) is 0.645. The zero-order valence-electron chi connectivity index (χ0n) is 22.7. The molecule has 1 heterocycles. The third kappa shape index (κ3) is 3.52. The van der Waals surface area contributed by atoms with Crippen LogP contribution in [0.5, 0.6) is 0 Å². The highest BCUT2D eigenvalue weighted by atomic mass is 19.4. The van der Waals surface area contributed by atoms with Gasteiger partial charge in [0.05, 0.1) is 0 Å². The molecular weight excluding hydrogens is 564 g/mol. The van der Waals surface area contributed by atoms with E-state index in [0.717, 1.165) is 22.3 Å². The van der Waals surface area contributed by atoms with Crippen LogP contribution in [0.2, 0.25) is 0 Å². The van der Waals surface area contributed by atoms with E-state index < -0.39 is 66.6 Å². The molecule has 2 aliphatic carbocycles. The number of halogens is 10. The monoisotopic (exact) mass is 592 g/mol. The third-order valence-electron chi connectivity index (χ3n) is 9.38. The van der Waals surface area contributed by atoms with Crippen LogP contribution in [0.4, 0.5) is 43.9 Å². The van der Waals surface area contributed by atoms with Gasteiger partial charge in [-0.05, 0) is 81.2 Å². The first-order valence-corrected chi connectivity index (χ1v) is 13.2. The number of fused-ring (bicyclic) bond motifs is 1. The van der Waals surface area contributed by atoms with E-state index >= 15 is 17.6 Å². The molecule has 11 heteroatoms. The summed E-state index contributed by atoms with van der Waals surface area (Å²) in [7, 11) is 1.82. The molecule has 0 atom stereocenters. The van der Waals surface area contributed by atoms with Crippen LogP contribution in [-0.4, -0.2) is 29.6 Å². The SMILES string of the molecule is Cc1cc(C)c(C)c(-c2cc(C3CCC4(CC3)C(F)(F)C(F)(F)C(F)(F)C(F)(F)C4(F)F)c3ccccc3[n+]2C)c1.